The fraction of sp³-hybridized carbons (Fsp3) is 0.862. The second-order valence-corrected chi connectivity index (χ2v) is 13.3. The lowest BCUT2D eigenvalue weighted by Crippen LogP contribution is -2.55. The number of hydrogen-bond donors (Lipinski definition) is 2. The summed E-state index contributed by atoms with van der Waals surface area (Å²) >= 11 is 0. The van der Waals surface area contributed by atoms with Crippen LogP contribution in [0.4, 0.5) is 0 Å². The van der Waals surface area contributed by atoms with Gasteiger partial charge in [-0.05, 0) is 68.7 Å². The molecule has 3 fully saturated rings. The summed E-state index contributed by atoms with van der Waals surface area (Å²) in [4.78, 5) is 18.9. The molecule has 3 saturated carbocycles. The third kappa shape index (κ3) is 3.25. The molecule has 5 nitrogen and oxygen atoms in total. The van der Waals surface area contributed by atoms with Crippen molar-refractivity contribution in [3.05, 3.63) is 11.6 Å². The SMILES string of the molecule is CN[C@@H](C)[C@H]1[C@H](O)C[C@@]2(C)[C@@H]3CC[C@@H]4C(=CCC5N=C(C(C)C)OC[C@]54C)C[C@H]3C(=O)C[C@]12C. The predicted octanol–water partition coefficient (Wildman–Crippen LogP) is 4.78. The Balaban J connectivity index is 1.49. The molecule has 0 aromatic rings. The van der Waals surface area contributed by atoms with E-state index in [9.17, 15) is 9.90 Å². The number of ketones is 1. The number of allylic oxidation sites excluding steroid dienone is 1. The van der Waals surface area contributed by atoms with Gasteiger partial charge in [-0.1, -0.05) is 46.3 Å². The van der Waals surface area contributed by atoms with Crippen molar-refractivity contribution < 1.29 is 14.6 Å². The standard InChI is InChI=1S/C29H46N2O3/c1-16(2)26-31-24-11-8-18-12-19-21(10-9-20(18)27(24,4)15-34-26)28(5)14-23(33)25(17(3)30-7)29(28,6)13-22(19)32/h8,16-17,19-21,23-25,30,33H,9-15H2,1-7H3/t17-,19+,20+,21+,23+,24?,25-,27-,28-,29+/m0/s1. The van der Waals surface area contributed by atoms with Gasteiger partial charge in [-0.2, -0.15) is 0 Å². The van der Waals surface area contributed by atoms with E-state index in [4.69, 9.17) is 9.73 Å². The predicted molar refractivity (Wildman–Crippen MR) is 136 cm³/mol. The van der Waals surface area contributed by atoms with Gasteiger partial charge in [-0.25, -0.2) is 0 Å². The van der Waals surface area contributed by atoms with Gasteiger partial charge in [0.25, 0.3) is 0 Å². The zero-order chi connectivity index (χ0) is 24.6. The fourth-order valence-electron chi connectivity index (χ4n) is 9.30. The Labute approximate surface area is 206 Å². The van der Waals surface area contributed by atoms with Gasteiger partial charge in [-0.3, -0.25) is 9.79 Å². The maximum Gasteiger partial charge on any atom is 0.186 e. The fourth-order valence-corrected chi connectivity index (χ4v) is 9.30. The van der Waals surface area contributed by atoms with Gasteiger partial charge < -0.3 is 15.2 Å². The Kier molecular flexibility index (Phi) is 5.88. The summed E-state index contributed by atoms with van der Waals surface area (Å²) in [6, 6.07) is 0.465. The number of aliphatic imine (C=N–C) groups is 1. The monoisotopic (exact) mass is 470 g/mol. The minimum absolute atomic E-state index is 0.00158. The maximum atomic E-state index is 13.8. The molecule has 0 aromatic carbocycles. The van der Waals surface area contributed by atoms with Crippen molar-refractivity contribution in [1.82, 2.24) is 5.32 Å². The number of aliphatic hydroxyl groups is 1. The van der Waals surface area contributed by atoms with Crippen LogP contribution in [-0.2, 0) is 9.53 Å². The molecule has 10 atom stereocenters. The van der Waals surface area contributed by atoms with Crippen LogP contribution in [0.3, 0.4) is 0 Å². The van der Waals surface area contributed by atoms with Crippen LogP contribution in [0.2, 0.25) is 0 Å². The van der Waals surface area contributed by atoms with Crippen LogP contribution in [0, 0.1) is 45.8 Å². The van der Waals surface area contributed by atoms with Crippen LogP contribution in [0.15, 0.2) is 16.6 Å². The van der Waals surface area contributed by atoms with Gasteiger partial charge in [0, 0.05) is 35.6 Å². The van der Waals surface area contributed by atoms with E-state index in [0.29, 0.717) is 30.0 Å². The lowest BCUT2D eigenvalue weighted by atomic mass is 9.48. The van der Waals surface area contributed by atoms with Crippen molar-refractivity contribution in [2.24, 2.45) is 50.8 Å². The average Bonchev–Trinajstić information content (AvgIpc) is 2.90. The highest BCUT2D eigenvalue weighted by atomic mass is 16.5. The van der Waals surface area contributed by atoms with Crippen LogP contribution >= 0.6 is 0 Å². The molecular formula is C29H46N2O3. The number of rotatable bonds is 3. The van der Waals surface area contributed by atoms with Crippen molar-refractivity contribution in [2.45, 2.75) is 98.3 Å². The normalized spacial score (nSPS) is 49.0. The van der Waals surface area contributed by atoms with E-state index in [-0.39, 0.29) is 46.3 Å². The first-order valence-electron chi connectivity index (χ1n) is 13.7. The molecule has 0 amide bonds. The minimum atomic E-state index is -0.355. The Hall–Kier alpha value is -1.20. The molecule has 5 aliphatic rings. The Bertz CT molecular complexity index is 911. The molecule has 1 unspecified atom stereocenters. The number of nitrogens with zero attached hydrogens (tertiary/aromatic N) is 1. The maximum absolute atomic E-state index is 13.8. The Morgan fingerprint density at radius 2 is 1.91 bits per heavy atom. The molecule has 34 heavy (non-hydrogen) atoms. The van der Waals surface area contributed by atoms with Gasteiger partial charge in [0.2, 0.25) is 0 Å². The smallest absolute Gasteiger partial charge is 0.186 e. The van der Waals surface area contributed by atoms with E-state index >= 15 is 0 Å². The number of ether oxygens (including phenoxy) is 1. The Morgan fingerprint density at radius 3 is 2.59 bits per heavy atom. The van der Waals surface area contributed by atoms with Crippen LogP contribution < -0.4 is 5.32 Å². The first-order chi connectivity index (χ1) is 16.0. The van der Waals surface area contributed by atoms with Crippen molar-refractivity contribution in [2.75, 3.05) is 13.7 Å². The quantitative estimate of drug-likeness (QED) is 0.582. The molecule has 1 aliphatic heterocycles. The molecule has 5 heteroatoms. The molecule has 1 heterocycles. The van der Waals surface area contributed by atoms with Gasteiger partial charge in [0.15, 0.2) is 5.90 Å². The summed E-state index contributed by atoms with van der Waals surface area (Å²) in [6.07, 6.45) is 7.49. The Morgan fingerprint density at radius 1 is 1.18 bits per heavy atom. The number of Topliss-reactive ketones (excluding diaryl/α,β-unsaturated/α-hetero) is 1. The number of carbonyl (C=O) groups excluding carboxylic acids is 1. The van der Waals surface area contributed by atoms with Gasteiger partial charge in [0.1, 0.15) is 5.78 Å². The summed E-state index contributed by atoms with van der Waals surface area (Å²) in [5, 5.41) is 14.7. The highest BCUT2D eigenvalue weighted by Crippen LogP contribution is 2.69. The van der Waals surface area contributed by atoms with Crippen molar-refractivity contribution in [3.63, 3.8) is 0 Å². The molecule has 0 spiro atoms. The molecule has 2 N–H and O–H groups in total. The third-order valence-electron chi connectivity index (χ3n) is 11.5. The number of carbonyl (C=O) groups is 1. The van der Waals surface area contributed by atoms with Gasteiger partial charge in [0.05, 0.1) is 18.8 Å². The lowest BCUT2D eigenvalue weighted by Gasteiger charge is -2.55. The highest BCUT2D eigenvalue weighted by Gasteiger charge is 2.67. The third-order valence-corrected chi connectivity index (χ3v) is 11.5. The van der Waals surface area contributed by atoms with E-state index < -0.39 is 0 Å². The zero-order valence-corrected chi connectivity index (χ0v) is 22.4. The number of hydrogen-bond acceptors (Lipinski definition) is 5. The van der Waals surface area contributed by atoms with Gasteiger partial charge in [-0.15, -0.1) is 0 Å². The molecular weight excluding hydrogens is 424 g/mol. The molecule has 4 aliphatic carbocycles. The number of nitrogens with one attached hydrogen (secondary N) is 1. The molecule has 0 saturated heterocycles. The van der Waals surface area contributed by atoms with Gasteiger partial charge >= 0.3 is 0 Å². The zero-order valence-electron chi connectivity index (χ0n) is 22.4. The summed E-state index contributed by atoms with van der Waals surface area (Å²) in [7, 11) is 1.98. The van der Waals surface area contributed by atoms with E-state index in [1.165, 1.54) is 5.57 Å². The summed E-state index contributed by atoms with van der Waals surface area (Å²) in [5.41, 5.74) is 1.29. The molecule has 0 bridgehead atoms. The largest absolute Gasteiger partial charge is 0.480 e. The molecule has 0 aromatic heterocycles. The number of fused-ring (bicyclic) bond motifs is 6. The van der Waals surface area contributed by atoms with Crippen molar-refractivity contribution >= 4 is 11.7 Å². The topological polar surface area (TPSA) is 70.9 Å². The average molecular weight is 471 g/mol. The highest BCUT2D eigenvalue weighted by molar-refractivity contribution is 5.84. The summed E-state index contributed by atoms with van der Waals surface area (Å²) in [6.45, 7) is 14.3. The second kappa shape index (κ2) is 8.16. The van der Waals surface area contributed by atoms with E-state index in [1.807, 2.05) is 7.05 Å². The minimum Gasteiger partial charge on any atom is -0.480 e. The molecule has 190 valence electrons. The first kappa shape index (κ1) is 24.5. The second-order valence-electron chi connectivity index (χ2n) is 13.3. The van der Waals surface area contributed by atoms with Crippen molar-refractivity contribution in [1.29, 1.82) is 0 Å². The van der Waals surface area contributed by atoms with E-state index in [0.717, 1.165) is 44.6 Å². The number of aliphatic hydroxyl groups excluding tert-OH is 1. The van der Waals surface area contributed by atoms with Crippen LogP contribution in [0.5, 0.6) is 0 Å². The lowest BCUT2D eigenvalue weighted by molar-refractivity contribution is -0.146. The molecule has 5 rings (SSSR count). The van der Waals surface area contributed by atoms with Crippen LogP contribution in [0.1, 0.15) is 80.1 Å². The summed E-state index contributed by atoms with van der Waals surface area (Å²) < 4.78 is 6.23. The van der Waals surface area contributed by atoms with Crippen molar-refractivity contribution in [3.8, 4) is 0 Å². The first-order valence-corrected chi connectivity index (χ1v) is 13.7. The molecule has 0 radical (unpaired) electrons. The summed E-state index contributed by atoms with van der Waals surface area (Å²) in [5.74, 6) is 2.61. The van der Waals surface area contributed by atoms with E-state index in [2.05, 4.69) is 52.9 Å². The van der Waals surface area contributed by atoms with E-state index in [1.54, 1.807) is 0 Å². The van der Waals surface area contributed by atoms with Crippen LogP contribution in [0.25, 0.3) is 0 Å². The van der Waals surface area contributed by atoms with Crippen LogP contribution in [-0.4, -0.2) is 48.6 Å².